The average molecular weight is 803 g/mol. The van der Waals surface area contributed by atoms with E-state index in [1.54, 1.807) is 14.2 Å². The van der Waals surface area contributed by atoms with E-state index in [2.05, 4.69) is 78.9 Å². The molecule has 8 aromatic carbocycles. The van der Waals surface area contributed by atoms with Crippen molar-refractivity contribution in [2.45, 2.75) is 0 Å². The first-order valence-electron chi connectivity index (χ1n) is 20.2. The lowest BCUT2D eigenvalue weighted by molar-refractivity contribution is 0.414. The molecule has 296 valence electrons. The quantitative estimate of drug-likeness (QED) is 0.135. The molecule has 0 aliphatic heterocycles. The number of ether oxygens (including phenoxy) is 2. The molecule has 62 heavy (non-hydrogen) atoms. The van der Waals surface area contributed by atoms with E-state index in [4.69, 9.17) is 39.4 Å². The number of hydrogen-bond donors (Lipinski definition) is 0. The van der Waals surface area contributed by atoms with Crippen LogP contribution in [0.25, 0.3) is 101 Å². The SMILES string of the molecule is COc1ccc(-c2nc(-c3ccccc3)nc(-c3cccc(-c4ccc5cccc(-c6cccc(-c7nc(-c8ccccc8)nc(-c8ccc(OC)cc8)n7)c6)c5c4)c3)n2)cc1. The topological polar surface area (TPSA) is 95.8 Å². The summed E-state index contributed by atoms with van der Waals surface area (Å²) in [5.74, 6) is 5.11. The van der Waals surface area contributed by atoms with Gasteiger partial charge in [-0.15, -0.1) is 0 Å². The molecule has 0 unspecified atom stereocenters. The minimum Gasteiger partial charge on any atom is -0.497 e. The average Bonchev–Trinajstić information content (AvgIpc) is 3.36. The molecule has 0 bridgehead atoms. The zero-order chi connectivity index (χ0) is 41.8. The number of aromatic nitrogens is 6. The van der Waals surface area contributed by atoms with Gasteiger partial charge >= 0.3 is 0 Å². The van der Waals surface area contributed by atoms with Crippen LogP contribution in [0.5, 0.6) is 11.5 Å². The molecule has 0 spiro atoms. The fourth-order valence-electron chi connectivity index (χ4n) is 7.55. The fraction of sp³-hybridized carbons (Fsp3) is 0.0370. The van der Waals surface area contributed by atoms with Gasteiger partial charge in [-0.1, -0.05) is 127 Å². The van der Waals surface area contributed by atoms with Crippen molar-refractivity contribution in [1.29, 1.82) is 0 Å². The molecule has 0 N–H and O–H groups in total. The predicted octanol–water partition coefficient (Wildman–Crippen LogP) is 12.6. The van der Waals surface area contributed by atoms with E-state index in [1.807, 2.05) is 115 Å². The van der Waals surface area contributed by atoms with Gasteiger partial charge in [-0.3, -0.25) is 0 Å². The molecular formula is C54H38N6O2. The van der Waals surface area contributed by atoms with Gasteiger partial charge in [0.05, 0.1) is 14.2 Å². The molecule has 0 fully saturated rings. The molecule has 0 aliphatic rings. The van der Waals surface area contributed by atoms with Gasteiger partial charge in [0.2, 0.25) is 0 Å². The minimum atomic E-state index is 0.587. The van der Waals surface area contributed by atoms with Crippen molar-refractivity contribution in [1.82, 2.24) is 29.9 Å². The van der Waals surface area contributed by atoms with Crippen molar-refractivity contribution in [2.75, 3.05) is 14.2 Å². The lowest BCUT2D eigenvalue weighted by Gasteiger charge is -2.13. The van der Waals surface area contributed by atoms with Crippen molar-refractivity contribution >= 4 is 10.8 Å². The largest absolute Gasteiger partial charge is 0.497 e. The van der Waals surface area contributed by atoms with E-state index in [9.17, 15) is 0 Å². The maximum absolute atomic E-state index is 5.41. The molecule has 8 nitrogen and oxygen atoms in total. The number of fused-ring (bicyclic) bond motifs is 1. The Morgan fingerprint density at radius 2 is 0.629 bits per heavy atom. The summed E-state index contributed by atoms with van der Waals surface area (Å²) in [4.78, 5) is 29.8. The lowest BCUT2D eigenvalue weighted by Crippen LogP contribution is -2.00. The minimum absolute atomic E-state index is 0.587. The molecular weight excluding hydrogens is 765 g/mol. The van der Waals surface area contributed by atoms with Crippen molar-refractivity contribution in [3.05, 3.63) is 194 Å². The molecule has 0 saturated carbocycles. The Labute approximate surface area is 359 Å². The van der Waals surface area contributed by atoms with Crippen LogP contribution >= 0.6 is 0 Å². The number of rotatable bonds is 10. The summed E-state index contributed by atoms with van der Waals surface area (Å²) < 4.78 is 10.8. The normalized spacial score (nSPS) is 11.1. The van der Waals surface area contributed by atoms with Crippen LogP contribution in [-0.2, 0) is 0 Å². The molecule has 0 aliphatic carbocycles. The summed E-state index contributed by atoms with van der Waals surface area (Å²) >= 11 is 0. The van der Waals surface area contributed by atoms with Crippen molar-refractivity contribution < 1.29 is 9.47 Å². The van der Waals surface area contributed by atoms with Crippen LogP contribution in [0.4, 0.5) is 0 Å². The molecule has 0 amide bonds. The van der Waals surface area contributed by atoms with Crippen LogP contribution in [0.15, 0.2) is 194 Å². The summed E-state index contributed by atoms with van der Waals surface area (Å²) in [5, 5.41) is 2.26. The Morgan fingerprint density at radius 1 is 0.274 bits per heavy atom. The second-order valence-electron chi connectivity index (χ2n) is 14.7. The summed E-state index contributed by atoms with van der Waals surface area (Å²) in [6.07, 6.45) is 0. The first-order chi connectivity index (χ1) is 30.6. The van der Waals surface area contributed by atoms with Crippen molar-refractivity contribution in [3.8, 4) is 102 Å². The van der Waals surface area contributed by atoms with Crippen molar-refractivity contribution in [2.24, 2.45) is 0 Å². The Bertz CT molecular complexity index is 3190. The second kappa shape index (κ2) is 16.7. The van der Waals surface area contributed by atoms with Gasteiger partial charge < -0.3 is 9.47 Å². The van der Waals surface area contributed by atoms with Crippen molar-refractivity contribution in [3.63, 3.8) is 0 Å². The van der Waals surface area contributed by atoms with E-state index in [0.717, 1.165) is 77.9 Å². The zero-order valence-corrected chi connectivity index (χ0v) is 34.0. The van der Waals surface area contributed by atoms with Crippen LogP contribution in [0, 0.1) is 0 Å². The third-order valence-electron chi connectivity index (χ3n) is 10.8. The standard InChI is InChI=1S/C54H38N6O2/c1-61-45-28-24-38(25-29-45)51-55-49(36-12-5-3-6-13-36)57-53(59-51)43-19-9-17-40(32-43)41-23-22-35-16-11-21-47(48(35)34-41)42-18-10-20-44(33-42)54-58-50(37-14-7-4-8-15-37)56-52(60-54)39-26-30-46(62-2)31-27-39/h3-34H,1-2H3. The fourth-order valence-corrected chi connectivity index (χ4v) is 7.55. The predicted molar refractivity (Wildman–Crippen MR) is 247 cm³/mol. The van der Waals surface area contributed by atoms with Crippen LogP contribution in [0.2, 0.25) is 0 Å². The maximum Gasteiger partial charge on any atom is 0.164 e. The Morgan fingerprint density at radius 3 is 1.11 bits per heavy atom. The molecule has 2 heterocycles. The van der Waals surface area contributed by atoms with Gasteiger partial charge in [0, 0.05) is 33.4 Å². The van der Waals surface area contributed by atoms with E-state index >= 15 is 0 Å². The molecule has 10 rings (SSSR count). The Kier molecular flexibility index (Phi) is 10.2. The summed E-state index contributed by atoms with van der Waals surface area (Å²) in [6, 6.07) is 65.4. The maximum atomic E-state index is 5.41. The third kappa shape index (κ3) is 7.76. The van der Waals surface area contributed by atoms with Gasteiger partial charge in [0.15, 0.2) is 34.9 Å². The van der Waals surface area contributed by atoms with Crippen LogP contribution in [0.1, 0.15) is 0 Å². The van der Waals surface area contributed by atoms with Gasteiger partial charge in [-0.05, 0) is 99.8 Å². The zero-order valence-electron chi connectivity index (χ0n) is 34.0. The van der Waals surface area contributed by atoms with Gasteiger partial charge in [-0.25, -0.2) is 29.9 Å². The Balaban J connectivity index is 1.03. The molecule has 0 saturated heterocycles. The lowest BCUT2D eigenvalue weighted by atomic mass is 9.93. The molecule has 0 radical (unpaired) electrons. The molecule has 2 aromatic heterocycles. The van der Waals surface area contributed by atoms with Gasteiger partial charge in [0.1, 0.15) is 11.5 Å². The first-order valence-corrected chi connectivity index (χ1v) is 20.2. The number of hydrogen-bond acceptors (Lipinski definition) is 8. The number of methoxy groups -OCH3 is 2. The van der Waals surface area contributed by atoms with Gasteiger partial charge in [0.25, 0.3) is 0 Å². The summed E-state index contributed by atoms with van der Waals surface area (Å²) in [5.41, 5.74) is 9.63. The highest BCUT2D eigenvalue weighted by atomic mass is 16.5. The smallest absolute Gasteiger partial charge is 0.164 e. The van der Waals surface area contributed by atoms with E-state index in [-0.39, 0.29) is 0 Å². The summed E-state index contributed by atoms with van der Waals surface area (Å²) in [7, 11) is 3.32. The highest BCUT2D eigenvalue weighted by molar-refractivity contribution is 5.99. The van der Waals surface area contributed by atoms with Crippen LogP contribution in [0.3, 0.4) is 0 Å². The summed E-state index contributed by atoms with van der Waals surface area (Å²) in [6.45, 7) is 0. The van der Waals surface area contributed by atoms with Crippen LogP contribution < -0.4 is 9.47 Å². The highest BCUT2D eigenvalue weighted by Gasteiger charge is 2.16. The molecule has 0 atom stereocenters. The Hall–Kier alpha value is -8.36. The molecule has 10 aromatic rings. The van der Waals surface area contributed by atoms with E-state index in [1.165, 1.54) is 0 Å². The highest BCUT2D eigenvalue weighted by Crippen LogP contribution is 2.36. The van der Waals surface area contributed by atoms with Crippen LogP contribution in [-0.4, -0.2) is 44.1 Å². The van der Waals surface area contributed by atoms with E-state index < -0.39 is 0 Å². The molecule has 8 heteroatoms. The second-order valence-corrected chi connectivity index (χ2v) is 14.7. The monoisotopic (exact) mass is 802 g/mol. The number of nitrogens with zero attached hydrogens (tertiary/aromatic N) is 6. The van der Waals surface area contributed by atoms with Gasteiger partial charge in [-0.2, -0.15) is 0 Å². The van der Waals surface area contributed by atoms with E-state index in [0.29, 0.717) is 34.9 Å². The third-order valence-corrected chi connectivity index (χ3v) is 10.8. The first kappa shape index (κ1) is 37.9. The number of benzene rings is 8.